The number of carbonyl (C=O) groups is 2. The molecule has 0 spiro atoms. The zero-order valence-corrected chi connectivity index (χ0v) is 13.9. The van der Waals surface area contributed by atoms with Gasteiger partial charge in [-0.25, -0.2) is 0 Å². The molecule has 2 aliphatic rings. The fraction of sp³-hybridized carbons (Fsp3) is 0.556. The minimum absolute atomic E-state index is 0.00122. The number of benzene rings is 1. The van der Waals surface area contributed by atoms with Crippen LogP contribution in [-0.4, -0.2) is 36.9 Å². The zero-order chi connectivity index (χ0) is 16.4. The number of aryl methyl sites for hydroxylation is 1. The lowest BCUT2D eigenvalue weighted by molar-refractivity contribution is -0.143. The van der Waals surface area contributed by atoms with Crippen molar-refractivity contribution < 1.29 is 14.3 Å². The van der Waals surface area contributed by atoms with Crippen molar-refractivity contribution in [2.24, 2.45) is 5.41 Å². The average molecular weight is 316 g/mol. The third-order valence-electron chi connectivity index (χ3n) is 4.84. The number of hydrogen-bond acceptors (Lipinski definition) is 3. The Labute approximate surface area is 137 Å². The van der Waals surface area contributed by atoms with Crippen LogP contribution in [0.5, 0.6) is 5.75 Å². The summed E-state index contributed by atoms with van der Waals surface area (Å²) in [4.78, 5) is 27.4. The number of likely N-dealkylation sites (tertiary alicyclic amines) is 1. The predicted molar refractivity (Wildman–Crippen MR) is 88.5 cm³/mol. The molecule has 23 heavy (non-hydrogen) atoms. The molecule has 1 heterocycles. The molecule has 1 N–H and O–H groups in total. The summed E-state index contributed by atoms with van der Waals surface area (Å²) in [5.41, 5.74) is 0.815. The Morgan fingerprint density at radius 3 is 2.48 bits per heavy atom. The zero-order valence-electron chi connectivity index (χ0n) is 13.9. The van der Waals surface area contributed by atoms with Crippen LogP contribution in [0.1, 0.15) is 37.7 Å². The van der Waals surface area contributed by atoms with Crippen LogP contribution in [0.15, 0.2) is 18.2 Å². The fourth-order valence-corrected chi connectivity index (χ4v) is 3.22. The van der Waals surface area contributed by atoms with E-state index in [2.05, 4.69) is 5.32 Å². The standard InChI is InChI=1S/C18H24N2O3/c1-13-6-7-15(23-2)14(12-13)19-16(21)18(8-9-18)17(22)20-10-4-3-5-11-20/h6-7,12H,3-5,8-11H2,1-2H3,(H,19,21). The Bertz CT molecular complexity index is 617. The maximum atomic E-state index is 12.8. The third-order valence-corrected chi connectivity index (χ3v) is 4.84. The molecule has 0 unspecified atom stereocenters. The maximum Gasteiger partial charge on any atom is 0.240 e. The highest BCUT2D eigenvalue weighted by Crippen LogP contribution is 2.48. The van der Waals surface area contributed by atoms with Crippen molar-refractivity contribution in [3.8, 4) is 5.75 Å². The van der Waals surface area contributed by atoms with E-state index in [4.69, 9.17) is 4.74 Å². The van der Waals surface area contributed by atoms with Crippen LogP contribution in [0.3, 0.4) is 0 Å². The second-order valence-corrected chi connectivity index (χ2v) is 6.59. The van der Waals surface area contributed by atoms with Crippen molar-refractivity contribution in [2.75, 3.05) is 25.5 Å². The Balaban J connectivity index is 1.75. The first-order valence-corrected chi connectivity index (χ1v) is 8.32. The van der Waals surface area contributed by atoms with Gasteiger partial charge in [-0.3, -0.25) is 9.59 Å². The molecule has 1 saturated carbocycles. The number of ether oxygens (including phenoxy) is 1. The topological polar surface area (TPSA) is 58.6 Å². The van der Waals surface area contributed by atoms with E-state index in [0.29, 0.717) is 24.3 Å². The van der Waals surface area contributed by atoms with E-state index in [0.717, 1.165) is 31.5 Å². The van der Waals surface area contributed by atoms with Gasteiger partial charge in [-0.2, -0.15) is 0 Å². The SMILES string of the molecule is COc1ccc(C)cc1NC(=O)C1(C(=O)N2CCCCC2)CC1. The second-order valence-electron chi connectivity index (χ2n) is 6.59. The van der Waals surface area contributed by atoms with Crippen LogP contribution in [0.25, 0.3) is 0 Å². The molecule has 3 rings (SSSR count). The van der Waals surface area contributed by atoms with E-state index in [1.165, 1.54) is 6.42 Å². The number of anilines is 1. The van der Waals surface area contributed by atoms with Gasteiger partial charge in [0.15, 0.2) is 0 Å². The van der Waals surface area contributed by atoms with E-state index in [9.17, 15) is 9.59 Å². The third kappa shape index (κ3) is 3.05. The highest BCUT2D eigenvalue weighted by atomic mass is 16.5. The van der Waals surface area contributed by atoms with E-state index in [1.54, 1.807) is 7.11 Å². The van der Waals surface area contributed by atoms with Crippen LogP contribution in [0, 0.1) is 12.3 Å². The fourth-order valence-electron chi connectivity index (χ4n) is 3.22. The van der Waals surface area contributed by atoms with Crippen molar-refractivity contribution >= 4 is 17.5 Å². The van der Waals surface area contributed by atoms with E-state index in [-0.39, 0.29) is 11.8 Å². The molecule has 1 aromatic rings. The van der Waals surface area contributed by atoms with E-state index < -0.39 is 5.41 Å². The smallest absolute Gasteiger partial charge is 0.240 e. The summed E-state index contributed by atoms with van der Waals surface area (Å²) < 4.78 is 5.30. The second kappa shape index (κ2) is 6.22. The summed E-state index contributed by atoms with van der Waals surface area (Å²) in [6, 6.07) is 5.63. The number of piperidine rings is 1. The Morgan fingerprint density at radius 1 is 1.17 bits per heavy atom. The number of amides is 2. The van der Waals surface area contributed by atoms with Crippen molar-refractivity contribution in [1.82, 2.24) is 4.90 Å². The van der Waals surface area contributed by atoms with Crippen molar-refractivity contribution in [3.05, 3.63) is 23.8 Å². The molecular formula is C18H24N2O3. The number of carbonyl (C=O) groups excluding carboxylic acids is 2. The molecule has 2 amide bonds. The van der Waals surface area contributed by atoms with Crippen molar-refractivity contribution in [3.63, 3.8) is 0 Å². The van der Waals surface area contributed by atoms with Gasteiger partial charge >= 0.3 is 0 Å². The minimum Gasteiger partial charge on any atom is -0.495 e. The van der Waals surface area contributed by atoms with Gasteiger partial charge in [0, 0.05) is 13.1 Å². The van der Waals surface area contributed by atoms with Crippen LogP contribution in [-0.2, 0) is 9.59 Å². The number of methoxy groups -OCH3 is 1. The molecule has 1 saturated heterocycles. The van der Waals surface area contributed by atoms with Crippen molar-refractivity contribution in [1.29, 1.82) is 0 Å². The van der Waals surface area contributed by atoms with Crippen LogP contribution >= 0.6 is 0 Å². The number of nitrogens with zero attached hydrogens (tertiary/aromatic N) is 1. The minimum atomic E-state index is -0.855. The number of nitrogens with one attached hydrogen (secondary N) is 1. The molecule has 1 aliphatic carbocycles. The summed E-state index contributed by atoms with van der Waals surface area (Å²) in [5.74, 6) is 0.420. The lowest BCUT2D eigenvalue weighted by Gasteiger charge is -2.30. The lowest BCUT2D eigenvalue weighted by atomic mass is 10.0. The van der Waals surface area contributed by atoms with Gasteiger partial charge in [0.2, 0.25) is 11.8 Å². The highest BCUT2D eigenvalue weighted by molar-refractivity contribution is 6.13. The normalized spacial score (nSPS) is 19.1. The van der Waals surface area contributed by atoms with Crippen molar-refractivity contribution in [2.45, 2.75) is 39.0 Å². The molecule has 2 fully saturated rings. The van der Waals surface area contributed by atoms with Gasteiger partial charge in [0.1, 0.15) is 11.2 Å². The highest BCUT2D eigenvalue weighted by Gasteiger charge is 2.58. The molecule has 0 aromatic heterocycles. The Morgan fingerprint density at radius 2 is 1.87 bits per heavy atom. The largest absolute Gasteiger partial charge is 0.495 e. The van der Waals surface area contributed by atoms with Gasteiger partial charge in [0.05, 0.1) is 12.8 Å². The van der Waals surface area contributed by atoms with Crippen LogP contribution in [0.4, 0.5) is 5.69 Å². The van der Waals surface area contributed by atoms with E-state index >= 15 is 0 Å². The van der Waals surface area contributed by atoms with Crippen LogP contribution < -0.4 is 10.1 Å². The molecule has 0 atom stereocenters. The average Bonchev–Trinajstić information content (AvgIpc) is 3.37. The summed E-state index contributed by atoms with van der Waals surface area (Å²) in [6.45, 7) is 3.52. The molecule has 5 nitrogen and oxygen atoms in total. The monoisotopic (exact) mass is 316 g/mol. The lowest BCUT2D eigenvalue weighted by Crippen LogP contribution is -2.45. The molecule has 0 bridgehead atoms. The molecule has 1 aromatic carbocycles. The van der Waals surface area contributed by atoms with E-state index in [1.807, 2.05) is 30.0 Å². The maximum absolute atomic E-state index is 12.8. The van der Waals surface area contributed by atoms with Crippen LogP contribution in [0.2, 0.25) is 0 Å². The van der Waals surface area contributed by atoms with Gasteiger partial charge in [-0.1, -0.05) is 6.07 Å². The Kier molecular flexibility index (Phi) is 4.28. The summed E-state index contributed by atoms with van der Waals surface area (Å²) in [5, 5.41) is 2.91. The molecular weight excluding hydrogens is 292 g/mol. The quantitative estimate of drug-likeness (QED) is 0.869. The number of rotatable bonds is 4. The molecule has 5 heteroatoms. The Hall–Kier alpha value is -2.04. The van der Waals surface area contributed by atoms with Gasteiger partial charge in [-0.15, -0.1) is 0 Å². The van der Waals surface area contributed by atoms with Gasteiger partial charge in [-0.05, 0) is 56.7 Å². The summed E-state index contributed by atoms with van der Waals surface area (Å²) >= 11 is 0. The first kappa shape index (κ1) is 15.8. The molecule has 124 valence electrons. The first-order valence-electron chi connectivity index (χ1n) is 8.32. The summed E-state index contributed by atoms with van der Waals surface area (Å²) in [7, 11) is 1.58. The molecule has 1 aliphatic heterocycles. The first-order chi connectivity index (χ1) is 11.1. The predicted octanol–water partition coefficient (Wildman–Crippen LogP) is 2.73. The van der Waals surface area contributed by atoms with Gasteiger partial charge < -0.3 is 15.0 Å². The molecule has 0 radical (unpaired) electrons. The number of hydrogen-bond donors (Lipinski definition) is 1. The van der Waals surface area contributed by atoms with Gasteiger partial charge in [0.25, 0.3) is 0 Å². The summed E-state index contributed by atoms with van der Waals surface area (Å²) in [6.07, 6.45) is 4.53.